The molecule has 3 rings (SSSR count). The van der Waals surface area contributed by atoms with Crippen LogP contribution in [0.25, 0.3) is 11.0 Å². The number of nitrogens with two attached hydrogens (primary N) is 1. The van der Waals surface area contributed by atoms with Crippen molar-refractivity contribution in [3.05, 3.63) is 23.2 Å². The highest BCUT2D eigenvalue weighted by molar-refractivity contribution is 6.35. The van der Waals surface area contributed by atoms with Gasteiger partial charge in [0.25, 0.3) is 0 Å². The van der Waals surface area contributed by atoms with E-state index in [1.165, 1.54) is 25.7 Å². The minimum Gasteiger partial charge on any atom is -0.369 e. The zero-order valence-corrected chi connectivity index (χ0v) is 12.0. The number of nitrogen functional groups attached to an aromatic ring is 1. The van der Waals surface area contributed by atoms with Crippen LogP contribution >= 0.6 is 11.6 Å². The summed E-state index contributed by atoms with van der Waals surface area (Å²) in [5.41, 5.74) is 7.96. The summed E-state index contributed by atoms with van der Waals surface area (Å²) in [5.74, 6) is 2.03. The van der Waals surface area contributed by atoms with Gasteiger partial charge in [-0.05, 0) is 30.4 Å². The molecule has 2 atom stereocenters. The van der Waals surface area contributed by atoms with Gasteiger partial charge in [-0.1, -0.05) is 43.9 Å². The van der Waals surface area contributed by atoms with Crippen LogP contribution in [0.1, 0.15) is 32.6 Å². The highest BCUT2D eigenvalue weighted by Crippen LogP contribution is 2.33. The van der Waals surface area contributed by atoms with Crippen LogP contribution in [0.15, 0.2) is 18.2 Å². The van der Waals surface area contributed by atoms with E-state index >= 15 is 0 Å². The van der Waals surface area contributed by atoms with Gasteiger partial charge in [0.1, 0.15) is 0 Å². The number of hydrogen-bond acceptors (Lipinski definition) is 2. The zero-order valence-electron chi connectivity index (χ0n) is 11.3. The number of benzene rings is 1. The first-order chi connectivity index (χ1) is 9.16. The van der Waals surface area contributed by atoms with Crippen LogP contribution in [-0.2, 0) is 6.54 Å². The Labute approximate surface area is 118 Å². The molecule has 0 amide bonds. The fourth-order valence-electron chi connectivity index (χ4n) is 3.24. The first-order valence-corrected chi connectivity index (χ1v) is 7.45. The van der Waals surface area contributed by atoms with E-state index in [1.54, 1.807) is 0 Å². The predicted molar refractivity (Wildman–Crippen MR) is 80.3 cm³/mol. The Morgan fingerprint density at radius 1 is 1.37 bits per heavy atom. The van der Waals surface area contributed by atoms with Gasteiger partial charge in [-0.2, -0.15) is 0 Å². The Bertz CT molecular complexity index is 590. The Morgan fingerprint density at radius 2 is 2.16 bits per heavy atom. The third-order valence-electron chi connectivity index (χ3n) is 4.45. The monoisotopic (exact) mass is 277 g/mol. The standard InChI is InChI=1S/C15H20ClN3/c1-10-5-2-3-6-11(10)9-19-14-12(16)7-4-8-13(14)18-15(19)17/h4,7-8,10-11H,2-3,5-6,9H2,1H3,(H2,17,18). The number of anilines is 1. The van der Waals surface area contributed by atoms with E-state index < -0.39 is 0 Å². The molecule has 4 heteroatoms. The topological polar surface area (TPSA) is 43.8 Å². The molecule has 0 bridgehead atoms. The summed E-state index contributed by atoms with van der Waals surface area (Å²) in [6.07, 6.45) is 5.30. The fourth-order valence-corrected chi connectivity index (χ4v) is 3.51. The lowest BCUT2D eigenvalue weighted by Crippen LogP contribution is -2.22. The fraction of sp³-hybridized carbons (Fsp3) is 0.533. The number of hydrogen-bond donors (Lipinski definition) is 1. The molecule has 0 aliphatic heterocycles. The van der Waals surface area contributed by atoms with Crippen molar-refractivity contribution < 1.29 is 0 Å². The predicted octanol–water partition coefficient (Wildman–Crippen LogP) is 4.10. The minimum absolute atomic E-state index is 0.584. The van der Waals surface area contributed by atoms with Gasteiger partial charge < -0.3 is 10.3 Å². The van der Waals surface area contributed by atoms with Crippen molar-refractivity contribution in [3.63, 3.8) is 0 Å². The molecule has 1 aromatic carbocycles. The average molecular weight is 278 g/mol. The Hall–Kier alpha value is -1.22. The van der Waals surface area contributed by atoms with E-state index in [9.17, 15) is 0 Å². The molecule has 2 aromatic rings. The van der Waals surface area contributed by atoms with Crippen molar-refractivity contribution in [2.45, 2.75) is 39.2 Å². The lowest BCUT2D eigenvalue weighted by atomic mass is 9.80. The van der Waals surface area contributed by atoms with Gasteiger partial charge in [0.2, 0.25) is 5.95 Å². The lowest BCUT2D eigenvalue weighted by molar-refractivity contribution is 0.231. The Balaban J connectivity index is 1.98. The number of fused-ring (bicyclic) bond motifs is 1. The van der Waals surface area contributed by atoms with Gasteiger partial charge >= 0.3 is 0 Å². The second-order valence-electron chi connectivity index (χ2n) is 5.71. The van der Waals surface area contributed by atoms with Gasteiger partial charge in [0.05, 0.1) is 16.1 Å². The van der Waals surface area contributed by atoms with E-state index in [0.29, 0.717) is 11.9 Å². The molecule has 3 nitrogen and oxygen atoms in total. The highest BCUT2D eigenvalue weighted by Gasteiger charge is 2.23. The summed E-state index contributed by atoms with van der Waals surface area (Å²) in [7, 11) is 0. The largest absolute Gasteiger partial charge is 0.369 e. The van der Waals surface area contributed by atoms with Crippen molar-refractivity contribution in [2.24, 2.45) is 11.8 Å². The zero-order chi connectivity index (χ0) is 13.4. The molecule has 0 spiro atoms. The normalized spacial score (nSPS) is 23.9. The lowest BCUT2D eigenvalue weighted by Gasteiger charge is -2.29. The van der Waals surface area contributed by atoms with Gasteiger partial charge in [0, 0.05) is 6.54 Å². The van der Waals surface area contributed by atoms with Crippen LogP contribution in [0.4, 0.5) is 5.95 Å². The molecule has 0 saturated heterocycles. The maximum absolute atomic E-state index is 6.31. The molecule has 2 N–H and O–H groups in total. The van der Waals surface area contributed by atoms with Crippen molar-refractivity contribution >= 4 is 28.6 Å². The highest BCUT2D eigenvalue weighted by atomic mass is 35.5. The first kappa shape index (κ1) is 12.8. The second-order valence-corrected chi connectivity index (χ2v) is 6.12. The molecule has 0 radical (unpaired) electrons. The number of nitrogens with zero attached hydrogens (tertiary/aromatic N) is 2. The average Bonchev–Trinajstić information content (AvgIpc) is 2.70. The van der Waals surface area contributed by atoms with Crippen LogP contribution in [0, 0.1) is 11.8 Å². The Kier molecular flexibility index (Phi) is 3.40. The molecule has 1 aliphatic carbocycles. The van der Waals surface area contributed by atoms with Crippen LogP contribution in [0.2, 0.25) is 5.02 Å². The molecule has 1 aromatic heterocycles. The molecule has 1 fully saturated rings. The second kappa shape index (κ2) is 5.04. The number of halogens is 1. The molecule has 1 saturated carbocycles. The Morgan fingerprint density at radius 3 is 2.95 bits per heavy atom. The third-order valence-corrected chi connectivity index (χ3v) is 4.76. The summed E-state index contributed by atoms with van der Waals surface area (Å²) in [5, 5.41) is 0.741. The van der Waals surface area contributed by atoms with Gasteiger partial charge in [-0.25, -0.2) is 4.98 Å². The molecule has 1 heterocycles. The maximum atomic E-state index is 6.31. The SMILES string of the molecule is CC1CCCCC1Cn1c(N)nc2cccc(Cl)c21. The summed E-state index contributed by atoms with van der Waals surface area (Å²) in [6.45, 7) is 3.29. The van der Waals surface area contributed by atoms with Crippen molar-refractivity contribution in [1.82, 2.24) is 9.55 Å². The third kappa shape index (κ3) is 2.32. The number of rotatable bonds is 2. The van der Waals surface area contributed by atoms with Crippen LogP contribution in [-0.4, -0.2) is 9.55 Å². The van der Waals surface area contributed by atoms with E-state index in [-0.39, 0.29) is 0 Å². The van der Waals surface area contributed by atoms with E-state index in [1.807, 2.05) is 18.2 Å². The molecule has 1 aliphatic rings. The van der Waals surface area contributed by atoms with Gasteiger partial charge in [0.15, 0.2) is 0 Å². The van der Waals surface area contributed by atoms with Crippen molar-refractivity contribution in [2.75, 3.05) is 5.73 Å². The maximum Gasteiger partial charge on any atom is 0.201 e. The summed E-state index contributed by atoms with van der Waals surface area (Å²) in [4.78, 5) is 4.42. The molecular weight excluding hydrogens is 258 g/mol. The van der Waals surface area contributed by atoms with E-state index in [2.05, 4.69) is 16.5 Å². The quantitative estimate of drug-likeness (QED) is 0.898. The molecular formula is C15H20ClN3. The summed E-state index contributed by atoms with van der Waals surface area (Å²) in [6, 6.07) is 5.80. The summed E-state index contributed by atoms with van der Waals surface area (Å²) < 4.78 is 2.10. The summed E-state index contributed by atoms with van der Waals surface area (Å²) >= 11 is 6.31. The smallest absolute Gasteiger partial charge is 0.201 e. The van der Waals surface area contributed by atoms with Gasteiger partial charge in [-0.3, -0.25) is 0 Å². The van der Waals surface area contributed by atoms with Crippen LogP contribution in [0.3, 0.4) is 0 Å². The number of para-hydroxylation sites is 1. The van der Waals surface area contributed by atoms with Crippen LogP contribution in [0.5, 0.6) is 0 Å². The van der Waals surface area contributed by atoms with E-state index in [4.69, 9.17) is 17.3 Å². The number of aromatic nitrogens is 2. The van der Waals surface area contributed by atoms with Crippen molar-refractivity contribution in [1.29, 1.82) is 0 Å². The van der Waals surface area contributed by atoms with Gasteiger partial charge in [-0.15, -0.1) is 0 Å². The van der Waals surface area contributed by atoms with E-state index in [0.717, 1.165) is 28.5 Å². The molecule has 19 heavy (non-hydrogen) atoms. The molecule has 2 unspecified atom stereocenters. The minimum atomic E-state index is 0.584. The van der Waals surface area contributed by atoms with Crippen LogP contribution < -0.4 is 5.73 Å². The molecule has 102 valence electrons. The van der Waals surface area contributed by atoms with Crippen molar-refractivity contribution in [3.8, 4) is 0 Å². The first-order valence-electron chi connectivity index (χ1n) is 7.07. The number of imidazole rings is 1.